The summed E-state index contributed by atoms with van der Waals surface area (Å²) < 4.78 is 34.0. The third kappa shape index (κ3) is 2.43. The van der Waals surface area contributed by atoms with Gasteiger partial charge in [-0.3, -0.25) is 0 Å². The largest absolute Gasteiger partial charge is 0.465 e. The maximum absolute atomic E-state index is 12.8. The molecule has 0 bridgehead atoms. The van der Waals surface area contributed by atoms with E-state index < -0.39 is 10.0 Å². The van der Waals surface area contributed by atoms with Gasteiger partial charge in [0.05, 0.1) is 0 Å². The average Bonchev–Trinajstić information content (AvgIpc) is 2.60. The Morgan fingerprint density at radius 2 is 1.62 bits per heavy atom. The summed E-state index contributed by atoms with van der Waals surface area (Å²) in [5, 5.41) is 3.00. The van der Waals surface area contributed by atoms with Gasteiger partial charge in [-0.05, 0) is 31.7 Å². The molecule has 120 valence electrons. The van der Waals surface area contributed by atoms with Crippen molar-refractivity contribution in [2.45, 2.75) is 59.0 Å². The zero-order valence-electron chi connectivity index (χ0n) is 13.9. The summed E-state index contributed by atoms with van der Waals surface area (Å²) in [5.74, 6) is 1.10. The zero-order valence-corrected chi connectivity index (χ0v) is 14.7. The molecule has 1 aromatic rings. The molecule has 1 aromatic heterocycles. The van der Waals surface area contributed by atoms with Crippen LogP contribution in [0.5, 0.6) is 0 Å². The van der Waals surface area contributed by atoms with Gasteiger partial charge < -0.3 is 9.73 Å². The molecule has 1 saturated carbocycles. The maximum atomic E-state index is 12.8. The molecule has 0 spiro atoms. The Hall–Kier alpha value is -0.850. The highest BCUT2D eigenvalue weighted by molar-refractivity contribution is 7.89. The molecular weight excluding hydrogens is 288 g/mol. The van der Waals surface area contributed by atoms with Crippen LogP contribution in [0.2, 0.25) is 0 Å². The molecule has 1 heterocycles. The van der Waals surface area contributed by atoms with Gasteiger partial charge in [-0.15, -0.1) is 0 Å². The van der Waals surface area contributed by atoms with Crippen molar-refractivity contribution in [3.05, 3.63) is 17.1 Å². The Kier molecular flexibility index (Phi) is 3.80. The van der Waals surface area contributed by atoms with Crippen molar-refractivity contribution in [3.8, 4) is 0 Å². The first-order chi connectivity index (χ1) is 9.46. The first-order valence-corrected chi connectivity index (χ1v) is 8.71. The van der Waals surface area contributed by atoms with Crippen molar-refractivity contribution in [2.75, 3.05) is 7.05 Å². The van der Waals surface area contributed by atoms with Crippen LogP contribution in [-0.2, 0) is 16.6 Å². The van der Waals surface area contributed by atoms with E-state index in [1.807, 2.05) is 0 Å². The summed E-state index contributed by atoms with van der Waals surface area (Å²) in [7, 11) is -1.80. The molecular formula is C15H26N2O3S. The molecule has 0 aromatic carbocycles. The smallest absolute Gasteiger partial charge is 0.244 e. The molecule has 0 amide bonds. The number of sulfonamides is 1. The van der Waals surface area contributed by atoms with Gasteiger partial charge in [0, 0.05) is 18.2 Å². The third-order valence-corrected chi connectivity index (χ3v) is 6.86. The highest BCUT2D eigenvalue weighted by atomic mass is 32.2. The molecule has 0 radical (unpaired) electrons. The number of aryl methyl sites for hydroxylation is 2. The Morgan fingerprint density at radius 3 is 2.05 bits per heavy atom. The molecule has 0 unspecified atom stereocenters. The number of nitrogens with one attached hydrogen (secondary N) is 2. The lowest BCUT2D eigenvalue weighted by Gasteiger charge is -2.10. The summed E-state index contributed by atoms with van der Waals surface area (Å²) >= 11 is 0. The fraction of sp³-hybridized carbons (Fsp3) is 0.733. The molecule has 2 N–H and O–H groups in total. The van der Waals surface area contributed by atoms with Crippen LogP contribution in [0, 0.1) is 24.7 Å². The monoisotopic (exact) mass is 314 g/mol. The minimum Gasteiger partial charge on any atom is -0.465 e. The maximum Gasteiger partial charge on any atom is 0.244 e. The van der Waals surface area contributed by atoms with Crippen LogP contribution in [0.15, 0.2) is 9.31 Å². The van der Waals surface area contributed by atoms with Crippen LogP contribution in [0.25, 0.3) is 0 Å². The first kappa shape index (κ1) is 16.5. The predicted molar refractivity (Wildman–Crippen MR) is 82.6 cm³/mol. The number of rotatable bonds is 5. The lowest BCUT2D eigenvalue weighted by Crippen LogP contribution is -2.31. The molecule has 1 fully saturated rings. The van der Waals surface area contributed by atoms with Crippen LogP contribution in [0.4, 0.5) is 0 Å². The molecule has 1 aliphatic carbocycles. The SMILES string of the molecule is CNCc1c(C)oc(C)c1S(=O)(=O)NC1C(C)(C)C1(C)C. The standard InChI is InChI=1S/C15H26N2O3S/c1-9-11(8-16-7)12(10(2)20-9)21(18,19)17-13-14(3,4)15(13,5)6/h13,16-17H,8H2,1-7H3. The summed E-state index contributed by atoms with van der Waals surface area (Å²) in [4.78, 5) is 0.285. The third-order valence-electron chi connectivity index (χ3n) is 5.24. The van der Waals surface area contributed by atoms with E-state index in [1.54, 1.807) is 20.9 Å². The van der Waals surface area contributed by atoms with Gasteiger partial charge in [-0.1, -0.05) is 27.7 Å². The van der Waals surface area contributed by atoms with E-state index in [1.165, 1.54) is 0 Å². The molecule has 0 atom stereocenters. The molecule has 1 aliphatic rings. The highest BCUT2D eigenvalue weighted by Crippen LogP contribution is 2.63. The number of furan rings is 1. The van der Waals surface area contributed by atoms with Crippen LogP contribution in [-0.4, -0.2) is 21.5 Å². The van der Waals surface area contributed by atoms with E-state index in [0.717, 1.165) is 0 Å². The second kappa shape index (κ2) is 4.83. The summed E-state index contributed by atoms with van der Waals surface area (Å²) in [5.41, 5.74) is 0.616. The van der Waals surface area contributed by atoms with Gasteiger partial charge in [0.15, 0.2) is 0 Å². The zero-order chi connectivity index (χ0) is 16.2. The van der Waals surface area contributed by atoms with Gasteiger partial charge >= 0.3 is 0 Å². The molecule has 0 saturated heterocycles. The number of hydrogen-bond donors (Lipinski definition) is 2. The average molecular weight is 314 g/mol. The molecule has 6 heteroatoms. The Balaban J connectivity index is 2.38. The first-order valence-electron chi connectivity index (χ1n) is 7.22. The van der Waals surface area contributed by atoms with Crippen LogP contribution >= 0.6 is 0 Å². The van der Waals surface area contributed by atoms with Crippen LogP contribution in [0.3, 0.4) is 0 Å². The summed E-state index contributed by atoms with van der Waals surface area (Å²) in [6.07, 6.45) is 0. The fourth-order valence-electron chi connectivity index (χ4n) is 3.15. The lowest BCUT2D eigenvalue weighted by molar-refractivity contribution is 0.457. The van der Waals surface area contributed by atoms with Gasteiger partial charge in [0.25, 0.3) is 0 Å². The van der Waals surface area contributed by atoms with Crippen molar-refractivity contribution in [1.29, 1.82) is 0 Å². The highest BCUT2D eigenvalue weighted by Gasteiger charge is 2.66. The quantitative estimate of drug-likeness (QED) is 0.875. The van der Waals surface area contributed by atoms with E-state index >= 15 is 0 Å². The fourth-order valence-corrected chi connectivity index (χ4v) is 5.13. The van der Waals surface area contributed by atoms with Crippen molar-refractivity contribution >= 4 is 10.0 Å². The van der Waals surface area contributed by atoms with Crippen molar-refractivity contribution < 1.29 is 12.8 Å². The van der Waals surface area contributed by atoms with Crippen molar-refractivity contribution in [3.63, 3.8) is 0 Å². The molecule has 21 heavy (non-hydrogen) atoms. The van der Waals surface area contributed by atoms with Crippen molar-refractivity contribution in [1.82, 2.24) is 10.0 Å². The normalized spacial score (nSPS) is 20.7. The lowest BCUT2D eigenvalue weighted by atomic mass is 10.0. The Morgan fingerprint density at radius 1 is 1.10 bits per heavy atom. The summed E-state index contributed by atoms with van der Waals surface area (Å²) in [6.45, 7) is 12.3. The van der Waals surface area contributed by atoms with Gasteiger partial charge in [0.1, 0.15) is 16.4 Å². The van der Waals surface area contributed by atoms with Crippen molar-refractivity contribution in [2.24, 2.45) is 10.8 Å². The minimum atomic E-state index is -3.59. The summed E-state index contributed by atoms with van der Waals surface area (Å²) in [6, 6.07) is -0.0629. The predicted octanol–water partition coefficient (Wildman–Crippen LogP) is 2.33. The van der Waals surface area contributed by atoms with Gasteiger partial charge in [-0.25, -0.2) is 13.1 Å². The minimum absolute atomic E-state index is 0.0457. The number of hydrogen-bond acceptors (Lipinski definition) is 4. The van der Waals surface area contributed by atoms with Crippen LogP contribution < -0.4 is 10.0 Å². The van der Waals surface area contributed by atoms with E-state index in [0.29, 0.717) is 23.6 Å². The van der Waals surface area contributed by atoms with Gasteiger partial charge in [-0.2, -0.15) is 0 Å². The van der Waals surface area contributed by atoms with E-state index in [2.05, 4.69) is 37.7 Å². The molecule has 0 aliphatic heterocycles. The Labute approximate surface area is 127 Å². The Bertz CT molecular complexity index is 643. The van der Waals surface area contributed by atoms with E-state index in [-0.39, 0.29) is 21.8 Å². The van der Waals surface area contributed by atoms with E-state index in [9.17, 15) is 8.42 Å². The topological polar surface area (TPSA) is 71.3 Å². The second-order valence-corrected chi connectivity index (χ2v) is 8.70. The second-order valence-electron chi connectivity index (χ2n) is 7.05. The van der Waals surface area contributed by atoms with E-state index in [4.69, 9.17) is 4.42 Å². The molecule has 5 nitrogen and oxygen atoms in total. The van der Waals surface area contributed by atoms with Gasteiger partial charge in [0.2, 0.25) is 10.0 Å². The molecule has 2 rings (SSSR count). The van der Waals surface area contributed by atoms with Crippen LogP contribution in [0.1, 0.15) is 44.8 Å².